The fourth-order valence-corrected chi connectivity index (χ4v) is 2.93. The third kappa shape index (κ3) is 9.43. The number of thioether (sulfide) groups is 1. The highest BCUT2D eigenvalue weighted by Crippen LogP contribution is 2.18. The summed E-state index contributed by atoms with van der Waals surface area (Å²) >= 11 is 1.65. The molecule has 0 atom stereocenters. The van der Waals surface area contributed by atoms with Crippen molar-refractivity contribution in [2.24, 2.45) is 5.73 Å². The summed E-state index contributed by atoms with van der Waals surface area (Å²) in [4.78, 5) is 0. The molecule has 3 N–H and O–H groups in total. The summed E-state index contributed by atoms with van der Waals surface area (Å²) in [7, 11) is 0. The van der Waals surface area contributed by atoms with E-state index >= 15 is 0 Å². The summed E-state index contributed by atoms with van der Waals surface area (Å²) < 4.78 is 5.72. The topological polar surface area (TPSA) is 47.3 Å². The lowest BCUT2D eigenvalue weighted by molar-refractivity contribution is 0.306. The van der Waals surface area contributed by atoms with Gasteiger partial charge in [0.05, 0.1) is 12.5 Å². The van der Waals surface area contributed by atoms with Gasteiger partial charge in [0.2, 0.25) is 0 Å². The van der Waals surface area contributed by atoms with Gasteiger partial charge >= 0.3 is 0 Å². The number of unbranched alkanes of at least 4 members (excludes halogenated alkanes) is 2. The van der Waals surface area contributed by atoms with Gasteiger partial charge in [-0.05, 0) is 48.6 Å². The molecule has 0 unspecified atom stereocenters. The minimum absolute atomic E-state index is 0.767. The second-order valence-corrected chi connectivity index (χ2v) is 6.86. The number of hydrogen-bond acceptors (Lipinski definition) is 4. The average Bonchev–Trinajstić information content (AvgIpc) is 2.71. The van der Waals surface area contributed by atoms with Crippen LogP contribution in [-0.2, 0) is 0 Å². The zero-order valence-electron chi connectivity index (χ0n) is 17.1. The van der Waals surface area contributed by atoms with Gasteiger partial charge in [-0.1, -0.05) is 63.4 Å². The van der Waals surface area contributed by atoms with Crippen LogP contribution >= 0.6 is 11.8 Å². The zero-order valence-corrected chi connectivity index (χ0v) is 17.9. The van der Waals surface area contributed by atoms with Gasteiger partial charge in [-0.25, -0.2) is 0 Å². The van der Waals surface area contributed by atoms with Crippen molar-refractivity contribution in [1.82, 2.24) is 0 Å². The van der Waals surface area contributed by atoms with Crippen molar-refractivity contribution in [2.75, 3.05) is 17.8 Å². The van der Waals surface area contributed by atoms with Gasteiger partial charge in [-0.2, -0.15) is 0 Å². The minimum atomic E-state index is 0.767. The first-order valence-electron chi connectivity index (χ1n) is 9.80. The van der Waals surface area contributed by atoms with Crippen LogP contribution in [0.25, 0.3) is 5.70 Å². The van der Waals surface area contributed by atoms with E-state index in [-0.39, 0.29) is 0 Å². The van der Waals surface area contributed by atoms with Crippen LogP contribution in [0, 0.1) is 6.92 Å². The van der Waals surface area contributed by atoms with E-state index in [9.17, 15) is 0 Å². The van der Waals surface area contributed by atoms with E-state index in [0.717, 1.165) is 41.6 Å². The van der Waals surface area contributed by atoms with Gasteiger partial charge in [0, 0.05) is 11.4 Å². The van der Waals surface area contributed by atoms with Gasteiger partial charge in [-0.15, -0.1) is 11.8 Å². The molecule has 0 bridgehead atoms. The number of nitrogens with one attached hydrogen (secondary N) is 1. The normalized spacial score (nSPS) is 10.7. The largest absolute Gasteiger partial charge is 0.494 e. The van der Waals surface area contributed by atoms with Crippen LogP contribution in [0.15, 0.2) is 53.9 Å². The molecule has 2 aromatic rings. The third-order valence-electron chi connectivity index (χ3n) is 3.83. The molecular weight excluding hydrogens is 352 g/mol. The summed E-state index contributed by atoms with van der Waals surface area (Å²) in [5, 5.41) is 5.36. The summed E-state index contributed by atoms with van der Waals surface area (Å²) in [6.45, 7) is 9.06. The zero-order chi connectivity index (χ0) is 19.9. The van der Waals surface area contributed by atoms with Crippen molar-refractivity contribution in [3.8, 4) is 5.75 Å². The molecule has 0 saturated heterocycles. The van der Waals surface area contributed by atoms with Crippen LogP contribution in [-0.4, -0.2) is 12.5 Å². The highest BCUT2D eigenvalue weighted by Gasteiger charge is 1.97. The van der Waals surface area contributed by atoms with Crippen molar-refractivity contribution >= 4 is 23.1 Å². The standard InChI is InChI=1S/C21H28N2OS.C2H6/c1-3-4-5-14-24-20-12-10-19(11-13-20)23-16-25-15-21(22)18-8-6-17(2)7-9-18;1-2/h6-13,15,23H,3-5,14,16,22H2,1-2H3;1-2H3/b21-15-;. The molecule has 0 heterocycles. The van der Waals surface area contributed by atoms with E-state index in [1.54, 1.807) is 11.8 Å². The fourth-order valence-electron chi connectivity index (χ4n) is 2.28. The van der Waals surface area contributed by atoms with Crippen molar-refractivity contribution < 1.29 is 4.74 Å². The van der Waals surface area contributed by atoms with Crippen LogP contribution in [0.1, 0.15) is 51.2 Å². The number of ether oxygens (including phenoxy) is 1. The molecule has 0 saturated carbocycles. The maximum Gasteiger partial charge on any atom is 0.119 e. The van der Waals surface area contributed by atoms with Crippen molar-refractivity contribution in [1.29, 1.82) is 0 Å². The van der Waals surface area contributed by atoms with Crippen molar-refractivity contribution in [3.05, 3.63) is 65.1 Å². The van der Waals surface area contributed by atoms with Gasteiger partial charge in [-0.3, -0.25) is 0 Å². The summed E-state index contributed by atoms with van der Waals surface area (Å²) in [5.41, 5.74) is 10.3. The van der Waals surface area contributed by atoms with Crippen LogP contribution in [0.3, 0.4) is 0 Å². The van der Waals surface area contributed by atoms with E-state index in [1.807, 2.05) is 55.7 Å². The predicted molar refractivity (Wildman–Crippen MR) is 122 cm³/mol. The monoisotopic (exact) mass is 386 g/mol. The average molecular weight is 387 g/mol. The Bertz CT molecular complexity index is 651. The lowest BCUT2D eigenvalue weighted by atomic mass is 10.1. The Labute approximate surface area is 169 Å². The fraction of sp³-hybridized carbons (Fsp3) is 0.391. The molecule has 2 aromatic carbocycles. The number of nitrogens with two attached hydrogens (primary N) is 1. The van der Waals surface area contributed by atoms with Crippen LogP contribution in [0.5, 0.6) is 5.75 Å². The van der Waals surface area contributed by atoms with Crippen LogP contribution in [0.4, 0.5) is 5.69 Å². The van der Waals surface area contributed by atoms with Gasteiger partial charge in [0.25, 0.3) is 0 Å². The van der Waals surface area contributed by atoms with Crippen molar-refractivity contribution in [2.45, 2.75) is 47.0 Å². The Morgan fingerprint density at radius 3 is 2.33 bits per heavy atom. The van der Waals surface area contributed by atoms with E-state index in [2.05, 4.69) is 31.3 Å². The molecule has 0 aliphatic heterocycles. The number of benzene rings is 2. The SMILES string of the molecule is CC.CCCCCOc1ccc(NCS/C=C(\N)c2ccc(C)cc2)cc1. The number of anilines is 1. The Morgan fingerprint density at radius 2 is 1.70 bits per heavy atom. The maximum atomic E-state index is 6.11. The lowest BCUT2D eigenvalue weighted by Gasteiger charge is -2.08. The van der Waals surface area contributed by atoms with E-state index in [0.29, 0.717) is 0 Å². The highest BCUT2D eigenvalue weighted by atomic mass is 32.2. The molecule has 148 valence electrons. The molecule has 27 heavy (non-hydrogen) atoms. The maximum absolute atomic E-state index is 6.11. The van der Waals surface area contributed by atoms with Gasteiger partial charge in [0.15, 0.2) is 0 Å². The quantitative estimate of drug-likeness (QED) is 0.354. The molecule has 0 radical (unpaired) electrons. The summed E-state index contributed by atoms with van der Waals surface area (Å²) in [6.07, 6.45) is 3.55. The number of aryl methyl sites for hydroxylation is 1. The highest BCUT2D eigenvalue weighted by molar-refractivity contribution is 8.02. The Balaban J connectivity index is 0.00000176. The second-order valence-electron chi connectivity index (χ2n) is 6.01. The Morgan fingerprint density at radius 1 is 1.04 bits per heavy atom. The van der Waals surface area contributed by atoms with Crippen LogP contribution < -0.4 is 15.8 Å². The Kier molecular flexibility index (Phi) is 11.9. The first kappa shape index (κ1) is 23.0. The molecule has 0 aromatic heterocycles. The molecular formula is C23H34N2OS. The number of hydrogen-bond donors (Lipinski definition) is 2. The lowest BCUT2D eigenvalue weighted by Crippen LogP contribution is -1.99. The first-order chi connectivity index (χ1) is 13.2. The summed E-state index contributed by atoms with van der Waals surface area (Å²) in [6, 6.07) is 16.4. The second kappa shape index (κ2) is 14.0. The first-order valence-corrected chi connectivity index (χ1v) is 10.8. The van der Waals surface area contributed by atoms with Gasteiger partial charge in [0.1, 0.15) is 5.75 Å². The molecule has 0 aliphatic carbocycles. The molecule has 0 aliphatic rings. The molecule has 0 fully saturated rings. The Hall–Kier alpha value is -2.07. The third-order valence-corrected chi connectivity index (χ3v) is 4.56. The van der Waals surface area contributed by atoms with E-state index in [1.165, 1.54) is 18.4 Å². The molecule has 0 amide bonds. The predicted octanol–water partition coefficient (Wildman–Crippen LogP) is 6.65. The van der Waals surface area contributed by atoms with Crippen LogP contribution in [0.2, 0.25) is 0 Å². The molecule has 2 rings (SSSR count). The van der Waals surface area contributed by atoms with E-state index < -0.39 is 0 Å². The van der Waals surface area contributed by atoms with Crippen molar-refractivity contribution in [3.63, 3.8) is 0 Å². The smallest absolute Gasteiger partial charge is 0.119 e. The van der Waals surface area contributed by atoms with E-state index in [4.69, 9.17) is 10.5 Å². The van der Waals surface area contributed by atoms with Gasteiger partial charge < -0.3 is 15.8 Å². The minimum Gasteiger partial charge on any atom is -0.494 e. The summed E-state index contributed by atoms with van der Waals surface area (Å²) in [5.74, 6) is 1.70. The number of rotatable bonds is 10. The molecule has 4 heteroatoms. The molecule has 3 nitrogen and oxygen atoms in total. The molecule has 0 spiro atoms.